The zero-order chi connectivity index (χ0) is 20.2. The molecule has 0 atom stereocenters. The fraction of sp³-hybridized carbons (Fsp3) is 0.250. The Balaban J connectivity index is 1.63. The lowest BCUT2D eigenvalue weighted by Crippen LogP contribution is -2.36. The number of halogens is 1. The minimum atomic E-state index is -0.351. The summed E-state index contributed by atoms with van der Waals surface area (Å²) >= 11 is 3.40. The van der Waals surface area contributed by atoms with E-state index in [-0.39, 0.29) is 11.8 Å². The molecule has 1 fully saturated rings. The summed E-state index contributed by atoms with van der Waals surface area (Å²) in [5.41, 5.74) is 1.89. The molecular formula is C20H19BrN6O2. The number of aromatic nitrogens is 4. The second-order valence-corrected chi connectivity index (χ2v) is 7.68. The standard InChI is InChI=1S/C20H19BrN6O2/c21-14-8-9-18(27-13-22-24-25-27)16(12-14)19(28)23-17-7-3-2-6-15(17)20(29)26-10-4-1-5-11-26/h2-3,6-9,12-13H,1,4-5,10-11H2,(H,23,28). The summed E-state index contributed by atoms with van der Waals surface area (Å²) in [6, 6.07) is 12.3. The van der Waals surface area contributed by atoms with Crippen LogP contribution in [-0.2, 0) is 0 Å². The number of anilines is 1. The van der Waals surface area contributed by atoms with Crippen LogP contribution in [0.1, 0.15) is 40.0 Å². The van der Waals surface area contributed by atoms with Gasteiger partial charge in [0.1, 0.15) is 6.33 Å². The van der Waals surface area contributed by atoms with Crippen molar-refractivity contribution in [3.63, 3.8) is 0 Å². The lowest BCUT2D eigenvalue weighted by atomic mass is 10.1. The molecule has 9 heteroatoms. The number of tetrazole rings is 1. The Hall–Kier alpha value is -3.07. The summed E-state index contributed by atoms with van der Waals surface area (Å²) < 4.78 is 2.17. The number of piperidine rings is 1. The molecule has 0 saturated carbocycles. The van der Waals surface area contributed by atoms with Gasteiger partial charge in [-0.15, -0.1) is 5.10 Å². The molecule has 0 radical (unpaired) electrons. The molecule has 29 heavy (non-hydrogen) atoms. The number of para-hydroxylation sites is 1. The molecule has 148 valence electrons. The predicted octanol–water partition coefficient (Wildman–Crippen LogP) is 3.30. The minimum absolute atomic E-state index is 0.0597. The number of hydrogen-bond acceptors (Lipinski definition) is 5. The van der Waals surface area contributed by atoms with Crippen molar-refractivity contribution >= 4 is 33.4 Å². The first kappa shape index (κ1) is 19.3. The van der Waals surface area contributed by atoms with E-state index in [2.05, 4.69) is 36.8 Å². The van der Waals surface area contributed by atoms with Gasteiger partial charge in [0.15, 0.2) is 0 Å². The maximum absolute atomic E-state index is 13.1. The van der Waals surface area contributed by atoms with Crippen molar-refractivity contribution in [2.45, 2.75) is 19.3 Å². The summed E-state index contributed by atoms with van der Waals surface area (Å²) in [4.78, 5) is 27.9. The van der Waals surface area contributed by atoms with Gasteiger partial charge in [0.2, 0.25) is 0 Å². The summed E-state index contributed by atoms with van der Waals surface area (Å²) in [6.07, 6.45) is 4.58. The fourth-order valence-corrected chi connectivity index (χ4v) is 3.76. The van der Waals surface area contributed by atoms with Crippen LogP contribution < -0.4 is 5.32 Å². The molecule has 0 spiro atoms. The number of nitrogens with zero attached hydrogens (tertiary/aromatic N) is 5. The van der Waals surface area contributed by atoms with Gasteiger partial charge in [0.25, 0.3) is 11.8 Å². The fourth-order valence-electron chi connectivity index (χ4n) is 3.40. The highest BCUT2D eigenvalue weighted by molar-refractivity contribution is 9.10. The van der Waals surface area contributed by atoms with E-state index in [1.165, 1.54) is 11.0 Å². The number of benzene rings is 2. The molecule has 2 heterocycles. The molecule has 2 aromatic carbocycles. The van der Waals surface area contributed by atoms with Gasteiger partial charge in [-0.05, 0) is 60.0 Å². The summed E-state index contributed by atoms with van der Waals surface area (Å²) in [7, 11) is 0. The monoisotopic (exact) mass is 454 g/mol. The number of nitrogens with one attached hydrogen (secondary N) is 1. The zero-order valence-corrected chi connectivity index (χ0v) is 17.2. The van der Waals surface area contributed by atoms with Gasteiger partial charge >= 0.3 is 0 Å². The average Bonchev–Trinajstić information content (AvgIpc) is 3.29. The van der Waals surface area contributed by atoms with E-state index in [0.717, 1.165) is 36.8 Å². The van der Waals surface area contributed by atoms with Crippen LogP contribution in [0, 0.1) is 0 Å². The number of amides is 2. The van der Waals surface area contributed by atoms with Gasteiger partial charge in [-0.25, -0.2) is 0 Å². The second-order valence-electron chi connectivity index (χ2n) is 6.77. The van der Waals surface area contributed by atoms with Crippen LogP contribution in [0.25, 0.3) is 5.69 Å². The van der Waals surface area contributed by atoms with E-state index in [9.17, 15) is 9.59 Å². The second kappa shape index (κ2) is 8.52. The first-order chi connectivity index (χ1) is 14.1. The lowest BCUT2D eigenvalue weighted by molar-refractivity contribution is 0.0725. The van der Waals surface area contributed by atoms with Gasteiger partial charge in [-0.2, -0.15) is 4.68 Å². The van der Waals surface area contributed by atoms with Gasteiger partial charge in [0, 0.05) is 17.6 Å². The molecule has 1 aliphatic heterocycles. The first-order valence-electron chi connectivity index (χ1n) is 9.36. The molecule has 0 unspecified atom stereocenters. The summed E-state index contributed by atoms with van der Waals surface area (Å²) in [6.45, 7) is 1.49. The van der Waals surface area contributed by atoms with Crippen LogP contribution in [0.5, 0.6) is 0 Å². The third kappa shape index (κ3) is 4.19. The Morgan fingerprint density at radius 1 is 1.00 bits per heavy atom. The smallest absolute Gasteiger partial charge is 0.257 e. The largest absolute Gasteiger partial charge is 0.339 e. The van der Waals surface area contributed by atoms with Crippen molar-refractivity contribution in [3.8, 4) is 5.69 Å². The van der Waals surface area contributed by atoms with Crippen molar-refractivity contribution in [1.82, 2.24) is 25.1 Å². The molecule has 1 N–H and O–H groups in total. The normalized spacial score (nSPS) is 13.9. The van der Waals surface area contributed by atoms with Crippen LogP contribution in [0.4, 0.5) is 5.69 Å². The van der Waals surface area contributed by atoms with E-state index in [0.29, 0.717) is 22.5 Å². The molecule has 8 nitrogen and oxygen atoms in total. The molecule has 2 amide bonds. The van der Waals surface area contributed by atoms with Crippen molar-refractivity contribution in [3.05, 3.63) is 64.4 Å². The van der Waals surface area contributed by atoms with Crippen molar-refractivity contribution in [1.29, 1.82) is 0 Å². The average molecular weight is 455 g/mol. The van der Waals surface area contributed by atoms with E-state index in [1.54, 1.807) is 36.4 Å². The van der Waals surface area contributed by atoms with Crippen molar-refractivity contribution in [2.75, 3.05) is 18.4 Å². The first-order valence-corrected chi connectivity index (χ1v) is 10.2. The van der Waals surface area contributed by atoms with Gasteiger partial charge in [-0.1, -0.05) is 28.1 Å². The van der Waals surface area contributed by atoms with E-state index in [4.69, 9.17) is 0 Å². The third-order valence-corrected chi connectivity index (χ3v) is 5.34. The Morgan fingerprint density at radius 2 is 1.79 bits per heavy atom. The van der Waals surface area contributed by atoms with Crippen molar-refractivity contribution in [2.24, 2.45) is 0 Å². The van der Waals surface area contributed by atoms with Crippen LogP contribution in [0.3, 0.4) is 0 Å². The summed E-state index contributed by atoms with van der Waals surface area (Å²) in [5, 5.41) is 14.0. The number of hydrogen-bond donors (Lipinski definition) is 1. The molecule has 3 aromatic rings. The molecule has 4 rings (SSSR count). The van der Waals surface area contributed by atoms with Crippen molar-refractivity contribution < 1.29 is 9.59 Å². The van der Waals surface area contributed by atoms with Gasteiger partial charge in [0.05, 0.1) is 22.5 Å². The molecule has 1 aliphatic rings. The molecule has 1 aromatic heterocycles. The SMILES string of the molecule is O=C(Nc1ccccc1C(=O)N1CCCCC1)c1cc(Br)ccc1-n1cnnn1. The molecule has 0 aliphatic carbocycles. The molecule has 0 bridgehead atoms. The van der Waals surface area contributed by atoms with Crippen LogP contribution in [-0.4, -0.2) is 50.0 Å². The molecular weight excluding hydrogens is 436 g/mol. The van der Waals surface area contributed by atoms with E-state index < -0.39 is 0 Å². The topological polar surface area (TPSA) is 93.0 Å². The summed E-state index contributed by atoms with van der Waals surface area (Å²) in [5.74, 6) is -0.411. The Morgan fingerprint density at radius 3 is 2.55 bits per heavy atom. The number of rotatable bonds is 4. The number of likely N-dealkylation sites (tertiary alicyclic amines) is 1. The van der Waals surface area contributed by atoms with E-state index >= 15 is 0 Å². The van der Waals surface area contributed by atoms with Crippen LogP contribution in [0.15, 0.2) is 53.3 Å². The Kier molecular flexibility index (Phi) is 5.66. The highest BCUT2D eigenvalue weighted by Crippen LogP contribution is 2.24. The number of carbonyl (C=O) groups excluding carboxylic acids is 2. The quantitative estimate of drug-likeness (QED) is 0.652. The minimum Gasteiger partial charge on any atom is -0.339 e. The van der Waals surface area contributed by atoms with Gasteiger partial charge < -0.3 is 10.2 Å². The zero-order valence-electron chi connectivity index (χ0n) is 15.6. The van der Waals surface area contributed by atoms with Crippen LogP contribution >= 0.6 is 15.9 Å². The predicted molar refractivity (Wildman–Crippen MR) is 111 cm³/mol. The molecule has 1 saturated heterocycles. The maximum Gasteiger partial charge on any atom is 0.257 e. The van der Waals surface area contributed by atoms with Gasteiger partial charge in [-0.3, -0.25) is 9.59 Å². The maximum atomic E-state index is 13.1. The third-order valence-electron chi connectivity index (χ3n) is 4.85. The highest BCUT2D eigenvalue weighted by atomic mass is 79.9. The van der Waals surface area contributed by atoms with E-state index in [1.807, 2.05) is 11.0 Å². The Bertz CT molecular complexity index is 1030. The number of carbonyl (C=O) groups is 2. The highest BCUT2D eigenvalue weighted by Gasteiger charge is 2.22. The lowest BCUT2D eigenvalue weighted by Gasteiger charge is -2.27. The van der Waals surface area contributed by atoms with Crippen LogP contribution in [0.2, 0.25) is 0 Å². The Labute approximate surface area is 176 Å².